The maximum absolute atomic E-state index is 12.9. The van der Waals surface area contributed by atoms with Gasteiger partial charge in [0.1, 0.15) is 11.6 Å². The van der Waals surface area contributed by atoms with E-state index < -0.39 is 0 Å². The van der Waals surface area contributed by atoms with Gasteiger partial charge in [0.25, 0.3) is 0 Å². The molecule has 1 heterocycles. The van der Waals surface area contributed by atoms with E-state index in [0.29, 0.717) is 12.8 Å². The minimum Gasteiger partial charge on any atom is -0.299 e. The van der Waals surface area contributed by atoms with Gasteiger partial charge in [-0.05, 0) is 36.2 Å². The first-order chi connectivity index (χ1) is 8.74. The highest BCUT2D eigenvalue weighted by atomic mass is 19.1. The van der Waals surface area contributed by atoms with Gasteiger partial charge in [-0.1, -0.05) is 18.2 Å². The summed E-state index contributed by atoms with van der Waals surface area (Å²) in [6, 6.07) is 11.8. The first kappa shape index (κ1) is 12.4. The molecule has 0 bridgehead atoms. The van der Waals surface area contributed by atoms with E-state index in [9.17, 15) is 9.18 Å². The van der Waals surface area contributed by atoms with Crippen LogP contribution in [0.5, 0.6) is 0 Å². The molecule has 0 aliphatic heterocycles. The fourth-order valence-electron chi connectivity index (χ4n) is 1.78. The lowest BCUT2D eigenvalue weighted by molar-refractivity contribution is -0.118. The Morgan fingerprint density at radius 2 is 2.06 bits per heavy atom. The van der Waals surface area contributed by atoms with Crippen LogP contribution in [0, 0.1) is 5.82 Å². The molecule has 2 nitrogen and oxygen atoms in total. The average molecular weight is 243 g/mol. The Hall–Kier alpha value is -2.03. The highest BCUT2D eigenvalue weighted by Gasteiger charge is 2.05. The molecule has 0 unspecified atom stereocenters. The summed E-state index contributed by atoms with van der Waals surface area (Å²) in [5, 5.41) is 0. The number of hydrogen-bond donors (Lipinski definition) is 0. The minimum absolute atomic E-state index is 0.103. The Kier molecular flexibility index (Phi) is 4.18. The topological polar surface area (TPSA) is 30.0 Å². The standard InChI is InChI=1S/C15H14FNO/c16-13-5-3-4-12(10-13)11-15(18)8-7-14-6-1-2-9-17-14/h1-6,9-10H,7-8,11H2. The predicted molar refractivity (Wildman–Crippen MR) is 67.7 cm³/mol. The Bertz CT molecular complexity index is 525. The highest BCUT2D eigenvalue weighted by molar-refractivity contribution is 5.81. The van der Waals surface area contributed by atoms with Crippen molar-refractivity contribution in [2.24, 2.45) is 0 Å². The molecule has 0 amide bonds. The second kappa shape index (κ2) is 6.05. The van der Waals surface area contributed by atoms with Crippen molar-refractivity contribution >= 4 is 5.78 Å². The van der Waals surface area contributed by atoms with Crippen LogP contribution < -0.4 is 0 Å². The fourth-order valence-corrected chi connectivity index (χ4v) is 1.78. The number of aromatic nitrogens is 1. The van der Waals surface area contributed by atoms with Gasteiger partial charge < -0.3 is 0 Å². The summed E-state index contributed by atoms with van der Waals surface area (Å²) >= 11 is 0. The van der Waals surface area contributed by atoms with Crippen LogP contribution in [-0.2, 0) is 17.6 Å². The smallest absolute Gasteiger partial charge is 0.137 e. The predicted octanol–water partition coefficient (Wildman–Crippen LogP) is 2.97. The molecule has 3 heteroatoms. The number of ketones is 1. The maximum atomic E-state index is 12.9. The molecular formula is C15H14FNO. The van der Waals surface area contributed by atoms with E-state index in [0.717, 1.165) is 11.3 Å². The second-order valence-corrected chi connectivity index (χ2v) is 4.17. The van der Waals surface area contributed by atoms with Gasteiger partial charge in [-0.2, -0.15) is 0 Å². The van der Waals surface area contributed by atoms with Gasteiger partial charge >= 0.3 is 0 Å². The van der Waals surface area contributed by atoms with Crippen LogP contribution in [0.2, 0.25) is 0 Å². The zero-order chi connectivity index (χ0) is 12.8. The lowest BCUT2D eigenvalue weighted by Crippen LogP contribution is -2.05. The van der Waals surface area contributed by atoms with Gasteiger partial charge in [0.15, 0.2) is 0 Å². The number of pyridine rings is 1. The number of benzene rings is 1. The third-order valence-electron chi connectivity index (χ3n) is 2.68. The van der Waals surface area contributed by atoms with Crippen LogP contribution >= 0.6 is 0 Å². The third kappa shape index (κ3) is 3.77. The molecule has 0 atom stereocenters. The van der Waals surface area contributed by atoms with E-state index in [1.807, 2.05) is 18.2 Å². The van der Waals surface area contributed by atoms with Gasteiger partial charge in [-0.25, -0.2) is 4.39 Å². The molecule has 1 aromatic heterocycles. The second-order valence-electron chi connectivity index (χ2n) is 4.17. The molecule has 0 N–H and O–H groups in total. The number of nitrogens with zero attached hydrogens (tertiary/aromatic N) is 1. The molecular weight excluding hydrogens is 229 g/mol. The van der Waals surface area contributed by atoms with Gasteiger partial charge in [0.2, 0.25) is 0 Å². The van der Waals surface area contributed by atoms with Crippen molar-refractivity contribution in [2.45, 2.75) is 19.3 Å². The summed E-state index contributed by atoms with van der Waals surface area (Å²) in [6.45, 7) is 0. The Balaban J connectivity index is 1.86. The molecule has 0 saturated carbocycles. The molecule has 2 aromatic rings. The number of carbonyl (C=O) groups excluding carboxylic acids is 1. The molecule has 18 heavy (non-hydrogen) atoms. The zero-order valence-electron chi connectivity index (χ0n) is 9.97. The molecule has 0 radical (unpaired) electrons. The summed E-state index contributed by atoms with van der Waals surface area (Å²) in [7, 11) is 0. The monoisotopic (exact) mass is 243 g/mol. The van der Waals surface area contributed by atoms with E-state index >= 15 is 0 Å². The summed E-state index contributed by atoms with van der Waals surface area (Å²) in [4.78, 5) is 15.9. The van der Waals surface area contributed by atoms with E-state index in [-0.39, 0.29) is 18.0 Å². The maximum Gasteiger partial charge on any atom is 0.137 e. The highest BCUT2D eigenvalue weighted by Crippen LogP contribution is 2.07. The number of aryl methyl sites for hydroxylation is 1. The summed E-state index contributed by atoms with van der Waals surface area (Å²) < 4.78 is 12.9. The summed E-state index contributed by atoms with van der Waals surface area (Å²) in [6.07, 6.45) is 3.07. The molecule has 0 saturated heterocycles. The van der Waals surface area contributed by atoms with Crippen molar-refractivity contribution in [1.82, 2.24) is 4.98 Å². The molecule has 1 aromatic carbocycles. The normalized spacial score (nSPS) is 10.3. The number of hydrogen-bond acceptors (Lipinski definition) is 2. The number of carbonyl (C=O) groups is 1. The largest absolute Gasteiger partial charge is 0.299 e. The van der Waals surface area contributed by atoms with Crippen molar-refractivity contribution < 1.29 is 9.18 Å². The molecule has 0 aliphatic rings. The lowest BCUT2D eigenvalue weighted by atomic mass is 10.0. The Morgan fingerprint density at radius 3 is 2.78 bits per heavy atom. The van der Waals surface area contributed by atoms with E-state index in [1.165, 1.54) is 12.1 Å². The van der Waals surface area contributed by atoms with Crippen molar-refractivity contribution in [1.29, 1.82) is 0 Å². The van der Waals surface area contributed by atoms with Crippen LogP contribution in [0.4, 0.5) is 4.39 Å². The molecule has 0 aliphatic carbocycles. The molecule has 2 rings (SSSR count). The first-order valence-electron chi connectivity index (χ1n) is 5.90. The van der Waals surface area contributed by atoms with E-state index in [1.54, 1.807) is 18.3 Å². The first-order valence-corrected chi connectivity index (χ1v) is 5.90. The Morgan fingerprint density at radius 1 is 1.17 bits per heavy atom. The number of rotatable bonds is 5. The van der Waals surface area contributed by atoms with Crippen molar-refractivity contribution in [3.8, 4) is 0 Å². The zero-order valence-corrected chi connectivity index (χ0v) is 9.97. The third-order valence-corrected chi connectivity index (χ3v) is 2.68. The molecule has 0 spiro atoms. The van der Waals surface area contributed by atoms with Crippen molar-refractivity contribution in [2.75, 3.05) is 0 Å². The van der Waals surface area contributed by atoms with Crippen molar-refractivity contribution in [3.63, 3.8) is 0 Å². The minimum atomic E-state index is -0.301. The van der Waals surface area contributed by atoms with Gasteiger partial charge in [-0.3, -0.25) is 9.78 Å². The number of Topliss-reactive ketones (excluding diaryl/α,β-unsaturated/α-hetero) is 1. The molecule has 92 valence electrons. The van der Waals surface area contributed by atoms with Crippen LogP contribution in [-0.4, -0.2) is 10.8 Å². The quantitative estimate of drug-likeness (QED) is 0.808. The summed E-state index contributed by atoms with van der Waals surface area (Å²) in [5.74, 6) is -0.198. The van der Waals surface area contributed by atoms with Gasteiger partial charge in [-0.15, -0.1) is 0 Å². The number of halogens is 1. The van der Waals surface area contributed by atoms with Gasteiger partial charge in [0.05, 0.1) is 0 Å². The SMILES string of the molecule is O=C(CCc1ccccn1)Cc1cccc(F)c1. The van der Waals surface area contributed by atoms with Crippen LogP contribution in [0.15, 0.2) is 48.7 Å². The van der Waals surface area contributed by atoms with Gasteiger partial charge in [0, 0.05) is 24.7 Å². The average Bonchev–Trinajstić information content (AvgIpc) is 2.38. The summed E-state index contributed by atoms with van der Waals surface area (Å²) in [5.41, 5.74) is 1.63. The van der Waals surface area contributed by atoms with E-state index in [2.05, 4.69) is 4.98 Å². The van der Waals surface area contributed by atoms with E-state index in [4.69, 9.17) is 0 Å². The molecule has 0 fully saturated rings. The van der Waals surface area contributed by atoms with Crippen LogP contribution in [0.25, 0.3) is 0 Å². The van der Waals surface area contributed by atoms with Crippen LogP contribution in [0.3, 0.4) is 0 Å². The lowest BCUT2D eigenvalue weighted by Gasteiger charge is -2.02. The van der Waals surface area contributed by atoms with Crippen LogP contribution in [0.1, 0.15) is 17.7 Å². The fraction of sp³-hybridized carbons (Fsp3) is 0.200. The van der Waals surface area contributed by atoms with Crippen molar-refractivity contribution in [3.05, 3.63) is 65.7 Å². The Labute approximate surface area is 105 Å².